The number of hydrogen-bond acceptors (Lipinski definition) is 2. The number of likely N-dealkylation sites (N-methyl/N-ethyl adjacent to an activating group) is 1. The SMILES string of the molecule is [2H]c1c([2H])c(-c2nc3ccc(C([2H])([2H])[2H])cn3c2CC(=O)N(C)C([2H])([2H])[2H])c([2H])c([2H])c1C. The molecule has 3 rings (SSSR count). The minimum absolute atomic E-state index is 0.0537. The molecule has 0 saturated heterocycles. The van der Waals surface area contributed by atoms with Gasteiger partial charge in [0.1, 0.15) is 5.65 Å². The lowest BCUT2D eigenvalue weighted by Crippen LogP contribution is -2.24. The normalized spacial score (nSPS) is 18.3. The number of amides is 1. The van der Waals surface area contributed by atoms with Gasteiger partial charge in [0.25, 0.3) is 0 Å². The first-order valence-corrected chi connectivity index (χ1v) is 6.91. The van der Waals surface area contributed by atoms with Gasteiger partial charge in [-0.2, -0.15) is 0 Å². The van der Waals surface area contributed by atoms with Crippen LogP contribution in [-0.2, 0) is 11.2 Å². The lowest BCUT2D eigenvalue weighted by Gasteiger charge is -2.11. The summed E-state index contributed by atoms with van der Waals surface area (Å²) in [6, 6.07) is 1.45. The molecule has 1 aromatic carbocycles. The summed E-state index contributed by atoms with van der Waals surface area (Å²) < 4.78 is 79.8. The summed E-state index contributed by atoms with van der Waals surface area (Å²) in [7, 11) is 1.10. The van der Waals surface area contributed by atoms with E-state index >= 15 is 0 Å². The van der Waals surface area contributed by atoms with Gasteiger partial charge in [0.05, 0.1) is 23.3 Å². The standard InChI is InChI=1S/C19H21N3O/c1-13-5-8-15(9-6-13)19-16(11-18(23)21(3)4)22-12-14(2)7-10-17(22)20-19/h5-10,12H,11H2,1-4H3/i2D3,3D3,5D,6D,8D,9D. The highest BCUT2D eigenvalue weighted by Crippen LogP contribution is 2.26. The van der Waals surface area contributed by atoms with Crippen molar-refractivity contribution in [2.45, 2.75) is 20.2 Å². The number of carbonyl (C=O) groups excluding carboxylic acids is 1. The van der Waals surface area contributed by atoms with Crippen molar-refractivity contribution in [1.82, 2.24) is 14.3 Å². The van der Waals surface area contributed by atoms with Crippen molar-refractivity contribution < 1.29 is 18.5 Å². The molecule has 0 atom stereocenters. The molecule has 0 N–H and O–H groups in total. The summed E-state index contributed by atoms with van der Waals surface area (Å²) >= 11 is 0. The number of aromatic nitrogens is 2. The van der Waals surface area contributed by atoms with Crippen LogP contribution >= 0.6 is 0 Å². The molecule has 2 heterocycles. The molecule has 0 unspecified atom stereocenters. The predicted molar refractivity (Wildman–Crippen MR) is 92.5 cm³/mol. The van der Waals surface area contributed by atoms with Crippen LogP contribution in [0.25, 0.3) is 16.9 Å². The molecule has 23 heavy (non-hydrogen) atoms. The van der Waals surface area contributed by atoms with E-state index in [4.69, 9.17) is 13.7 Å². The van der Waals surface area contributed by atoms with Crippen molar-refractivity contribution >= 4 is 11.6 Å². The first kappa shape index (κ1) is 7.30. The molecule has 0 aliphatic heterocycles. The van der Waals surface area contributed by atoms with Crippen molar-refractivity contribution in [3.63, 3.8) is 0 Å². The minimum Gasteiger partial charge on any atom is -0.348 e. The van der Waals surface area contributed by atoms with Crippen LogP contribution in [0.5, 0.6) is 0 Å². The zero-order valence-electron chi connectivity index (χ0n) is 22.7. The van der Waals surface area contributed by atoms with Crippen LogP contribution in [-0.4, -0.2) is 34.2 Å². The number of aryl methyl sites for hydroxylation is 1. The Kier molecular flexibility index (Phi) is 1.87. The number of rotatable bonds is 3. The third kappa shape index (κ3) is 2.97. The molecule has 1 amide bonds. The van der Waals surface area contributed by atoms with Crippen LogP contribution in [0.2, 0.25) is 0 Å². The van der Waals surface area contributed by atoms with Crippen LogP contribution in [0.4, 0.5) is 0 Å². The first-order valence-electron chi connectivity index (χ1n) is 11.9. The molecule has 0 aliphatic carbocycles. The van der Waals surface area contributed by atoms with Gasteiger partial charge in [-0.3, -0.25) is 4.79 Å². The van der Waals surface area contributed by atoms with Gasteiger partial charge in [0, 0.05) is 34.0 Å². The van der Waals surface area contributed by atoms with Gasteiger partial charge in [-0.25, -0.2) is 4.98 Å². The largest absolute Gasteiger partial charge is 0.348 e. The molecule has 4 heteroatoms. The molecule has 118 valence electrons. The number of benzene rings is 1. The van der Waals surface area contributed by atoms with E-state index in [1.165, 1.54) is 29.7 Å². The zero-order chi connectivity index (χ0) is 25.0. The smallest absolute Gasteiger partial charge is 0.228 e. The van der Waals surface area contributed by atoms with Crippen molar-refractivity contribution in [3.05, 3.63) is 59.3 Å². The van der Waals surface area contributed by atoms with Crippen molar-refractivity contribution in [2.24, 2.45) is 0 Å². The maximum absolute atomic E-state index is 12.8. The third-order valence-electron chi connectivity index (χ3n) is 3.40. The summed E-state index contributed by atoms with van der Waals surface area (Å²) in [4.78, 5) is 17.7. The monoisotopic (exact) mass is 317 g/mol. The Morgan fingerprint density at radius 3 is 2.78 bits per heavy atom. The van der Waals surface area contributed by atoms with Crippen LogP contribution < -0.4 is 0 Å². The number of fused-ring (bicyclic) bond motifs is 1. The average molecular weight is 317 g/mol. The highest BCUT2D eigenvalue weighted by molar-refractivity contribution is 5.81. The van der Waals surface area contributed by atoms with Gasteiger partial charge < -0.3 is 9.30 Å². The highest BCUT2D eigenvalue weighted by atomic mass is 16.2. The number of pyridine rings is 1. The van der Waals surface area contributed by atoms with Gasteiger partial charge in [0.2, 0.25) is 5.91 Å². The van der Waals surface area contributed by atoms with Gasteiger partial charge in [-0.1, -0.05) is 35.8 Å². The third-order valence-corrected chi connectivity index (χ3v) is 3.40. The molecule has 3 aromatic rings. The Morgan fingerprint density at radius 1 is 1.30 bits per heavy atom. The molecule has 4 nitrogen and oxygen atoms in total. The van der Waals surface area contributed by atoms with E-state index in [0.717, 1.165) is 7.05 Å². The van der Waals surface area contributed by atoms with Crippen molar-refractivity contribution in [2.75, 3.05) is 14.0 Å². The Labute approximate surface area is 150 Å². The van der Waals surface area contributed by atoms with E-state index in [2.05, 4.69) is 4.98 Å². The van der Waals surface area contributed by atoms with Gasteiger partial charge in [-0.05, 0) is 25.4 Å². The second-order valence-corrected chi connectivity index (χ2v) is 5.18. The summed E-state index contributed by atoms with van der Waals surface area (Å²) in [6.07, 6.45) is 0.727. The molecule has 0 radical (unpaired) electrons. The highest BCUT2D eigenvalue weighted by Gasteiger charge is 2.18. The number of carbonyl (C=O) groups is 1. The molecule has 2 aromatic heterocycles. The number of imidazole rings is 1. The molecule has 0 spiro atoms. The Hall–Kier alpha value is -2.62. The second kappa shape index (κ2) is 5.88. The lowest BCUT2D eigenvalue weighted by molar-refractivity contribution is -0.128. The van der Waals surface area contributed by atoms with E-state index in [-0.39, 0.29) is 57.9 Å². The molecule has 0 fully saturated rings. The van der Waals surface area contributed by atoms with Gasteiger partial charge in [-0.15, -0.1) is 0 Å². The van der Waals surface area contributed by atoms with E-state index in [1.807, 2.05) is 0 Å². The van der Waals surface area contributed by atoms with Crippen molar-refractivity contribution in [3.8, 4) is 11.3 Å². The van der Waals surface area contributed by atoms with Crippen molar-refractivity contribution in [1.29, 1.82) is 0 Å². The molecule has 0 aliphatic rings. The molecule has 0 bridgehead atoms. The van der Waals surface area contributed by atoms with Crippen LogP contribution in [0, 0.1) is 13.8 Å². The average Bonchev–Trinajstić information content (AvgIpc) is 3.06. The van der Waals surface area contributed by atoms with Crippen LogP contribution in [0.3, 0.4) is 0 Å². The molecular formula is C19H21N3O. The zero-order valence-corrected chi connectivity index (χ0v) is 12.7. The van der Waals surface area contributed by atoms with E-state index < -0.39 is 26.2 Å². The summed E-state index contributed by atoms with van der Waals surface area (Å²) in [5.74, 6) is -0.820. The maximum Gasteiger partial charge on any atom is 0.228 e. The van der Waals surface area contributed by atoms with E-state index in [0.29, 0.717) is 4.90 Å². The fraction of sp³-hybridized carbons (Fsp3) is 0.263. The van der Waals surface area contributed by atoms with Gasteiger partial charge in [0.15, 0.2) is 0 Å². The Balaban J connectivity index is 2.35. The topological polar surface area (TPSA) is 37.6 Å². The predicted octanol–water partition coefficient (Wildman–Crippen LogP) is 3.25. The van der Waals surface area contributed by atoms with Crippen LogP contribution in [0.15, 0.2) is 42.5 Å². The number of nitrogens with zero attached hydrogens (tertiary/aromatic N) is 3. The van der Waals surface area contributed by atoms with Crippen LogP contribution in [0.1, 0.15) is 30.5 Å². The lowest BCUT2D eigenvalue weighted by atomic mass is 10.1. The summed E-state index contributed by atoms with van der Waals surface area (Å²) in [6.45, 7) is -3.73. The fourth-order valence-electron chi connectivity index (χ4n) is 2.22. The first-order chi connectivity index (χ1) is 15.1. The number of hydrogen-bond donors (Lipinski definition) is 0. The summed E-state index contributed by atoms with van der Waals surface area (Å²) in [5.41, 5.74) is 0.134. The minimum atomic E-state index is -2.71. The van der Waals surface area contributed by atoms with E-state index in [1.54, 1.807) is 0 Å². The Bertz CT molecular complexity index is 1230. The molecule has 0 saturated carbocycles. The Morgan fingerprint density at radius 2 is 2.09 bits per heavy atom. The molecular weight excluding hydrogens is 286 g/mol. The quantitative estimate of drug-likeness (QED) is 0.743. The fourth-order valence-corrected chi connectivity index (χ4v) is 2.22. The second-order valence-electron chi connectivity index (χ2n) is 5.18. The summed E-state index contributed by atoms with van der Waals surface area (Å²) in [5, 5.41) is 0. The van der Waals surface area contributed by atoms with Gasteiger partial charge >= 0.3 is 0 Å². The van der Waals surface area contributed by atoms with E-state index in [9.17, 15) is 4.79 Å². The maximum atomic E-state index is 12.8.